The zero-order chi connectivity index (χ0) is 13.0. The van der Waals surface area contributed by atoms with E-state index in [-0.39, 0.29) is 0 Å². The van der Waals surface area contributed by atoms with Crippen molar-refractivity contribution in [2.24, 2.45) is 5.92 Å². The molecule has 0 unspecified atom stereocenters. The molecule has 0 aliphatic heterocycles. The van der Waals surface area contributed by atoms with Crippen LogP contribution in [0.3, 0.4) is 0 Å². The van der Waals surface area contributed by atoms with Gasteiger partial charge in [-0.3, -0.25) is 0 Å². The lowest BCUT2D eigenvalue weighted by Crippen LogP contribution is -2.30. The predicted octanol–water partition coefficient (Wildman–Crippen LogP) is 2.87. The summed E-state index contributed by atoms with van der Waals surface area (Å²) in [7, 11) is 2.13. The minimum absolute atomic E-state index is 0.837. The molecule has 0 amide bonds. The molecule has 1 fully saturated rings. The van der Waals surface area contributed by atoms with Gasteiger partial charge >= 0.3 is 0 Å². The van der Waals surface area contributed by atoms with Crippen molar-refractivity contribution in [3.05, 3.63) is 6.07 Å². The molecule has 4 nitrogen and oxygen atoms in total. The Hall–Kier alpha value is -0.970. The lowest BCUT2D eigenvalue weighted by molar-refractivity contribution is 0.321. The Morgan fingerprint density at radius 2 is 2.22 bits per heavy atom. The van der Waals surface area contributed by atoms with E-state index in [0.29, 0.717) is 0 Å². The first-order valence-electron chi connectivity index (χ1n) is 6.61. The number of hydrogen-bond acceptors (Lipinski definition) is 5. The molecule has 1 aromatic rings. The lowest BCUT2D eigenvalue weighted by Gasteiger charge is -2.30. The van der Waals surface area contributed by atoms with E-state index in [2.05, 4.69) is 34.2 Å². The van der Waals surface area contributed by atoms with Crippen LogP contribution >= 0.6 is 11.8 Å². The van der Waals surface area contributed by atoms with Crippen LogP contribution < -0.4 is 10.2 Å². The molecule has 0 atom stereocenters. The van der Waals surface area contributed by atoms with Crippen LogP contribution in [0.1, 0.15) is 26.2 Å². The van der Waals surface area contributed by atoms with Crippen LogP contribution in [0.5, 0.6) is 0 Å². The number of nitrogens with one attached hydrogen (secondary N) is 1. The first-order chi connectivity index (χ1) is 8.72. The molecule has 2 rings (SSSR count). The highest BCUT2D eigenvalue weighted by atomic mass is 32.2. The van der Waals surface area contributed by atoms with Crippen molar-refractivity contribution >= 4 is 23.4 Å². The molecule has 1 aromatic heterocycles. The molecule has 5 heteroatoms. The second kappa shape index (κ2) is 6.27. The Balaban J connectivity index is 2.10. The van der Waals surface area contributed by atoms with Crippen molar-refractivity contribution in [1.29, 1.82) is 0 Å². The topological polar surface area (TPSA) is 41.0 Å². The van der Waals surface area contributed by atoms with E-state index < -0.39 is 0 Å². The first-order valence-corrected chi connectivity index (χ1v) is 7.83. The maximum Gasteiger partial charge on any atom is 0.191 e. The smallest absolute Gasteiger partial charge is 0.191 e. The SMILES string of the molecule is CCNc1cc(N(C)CC2CCC2)nc(SC)n1. The van der Waals surface area contributed by atoms with Crippen molar-refractivity contribution in [1.82, 2.24) is 9.97 Å². The monoisotopic (exact) mass is 266 g/mol. The third-order valence-electron chi connectivity index (χ3n) is 3.38. The molecule has 0 saturated heterocycles. The van der Waals surface area contributed by atoms with Crippen molar-refractivity contribution in [2.75, 3.05) is 36.6 Å². The highest BCUT2D eigenvalue weighted by Crippen LogP contribution is 2.28. The summed E-state index contributed by atoms with van der Waals surface area (Å²) in [5.74, 6) is 2.80. The van der Waals surface area contributed by atoms with Gasteiger partial charge in [-0.2, -0.15) is 0 Å². The van der Waals surface area contributed by atoms with E-state index in [0.717, 1.165) is 35.8 Å². The van der Waals surface area contributed by atoms with Crippen molar-refractivity contribution < 1.29 is 0 Å². The molecule has 0 bridgehead atoms. The summed E-state index contributed by atoms with van der Waals surface area (Å²) in [4.78, 5) is 11.3. The van der Waals surface area contributed by atoms with Crippen LogP contribution in [0, 0.1) is 5.92 Å². The third kappa shape index (κ3) is 3.28. The Morgan fingerprint density at radius 1 is 1.44 bits per heavy atom. The average Bonchev–Trinajstić information content (AvgIpc) is 2.33. The predicted molar refractivity (Wildman–Crippen MR) is 78.6 cm³/mol. The molecule has 0 radical (unpaired) electrons. The fourth-order valence-corrected chi connectivity index (χ4v) is 2.50. The van der Waals surface area contributed by atoms with Gasteiger partial charge in [0.1, 0.15) is 11.6 Å². The largest absolute Gasteiger partial charge is 0.370 e. The van der Waals surface area contributed by atoms with Crippen LogP contribution in [0.15, 0.2) is 11.2 Å². The van der Waals surface area contributed by atoms with Gasteiger partial charge in [0, 0.05) is 26.2 Å². The minimum Gasteiger partial charge on any atom is -0.370 e. The Morgan fingerprint density at radius 3 is 2.78 bits per heavy atom. The molecule has 1 heterocycles. The van der Waals surface area contributed by atoms with Crippen molar-refractivity contribution in [3.8, 4) is 0 Å². The highest BCUT2D eigenvalue weighted by molar-refractivity contribution is 7.98. The Bertz CT molecular complexity index is 393. The first kappa shape index (κ1) is 13.5. The fourth-order valence-electron chi connectivity index (χ4n) is 2.13. The summed E-state index contributed by atoms with van der Waals surface area (Å²) < 4.78 is 0. The molecule has 1 saturated carbocycles. The summed E-state index contributed by atoms with van der Waals surface area (Å²) in [6, 6.07) is 2.04. The normalized spacial score (nSPS) is 15.3. The second-order valence-corrected chi connectivity index (χ2v) is 5.58. The summed E-state index contributed by atoms with van der Waals surface area (Å²) in [5.41, 5.74) is 0. The van der Waals surface area contributed by atoms with E-state index in [1.54, 1.807) is 11.8 Å². The van der Waals surface area contributed by atoms with Crippen LogP contribution in [0.4, 0.5) is 11.6 Å². The molecular formula is C13H22N4S. The standard InChI is InChI=1S/C13H22N4S/c1-4-14-11-8-12(16-13(15-11)18-3)17(2)9-10-6-5-7-10/h8,10H,4-7,9H2,1-3H3,(H,14,15,16). The molecule has 100 valence electrons. The fraction of sp³-hybridized carbons (Fsp3) is 0.692. The number of anilines is 2. The number of thioether (sulfide) groups is 1. The second-order valence-electron chi connectivity index (χ2n) is 4.81. The summed E-state index contributed by atoms with van der Waals surface area (Å²) in [5, 5.41) is 4.10. The number of rotatable bonds is 6. The van der Waals surface area contributed by atoms with E-state index in [1.165, 1.54) is 19.3 Å². The van der Waals surface area contributed by atoms with Gasteiger partial charge in [0.25, 0.3) is 0 Å². The van der Waals surface area contributed by atoms with Gasteiger partial charge in [-0.05, 0) is 31.9 Å². The van der Waals surface area contributed by atoms with Gasteiger partial charge in [-0.25, -0.2) is 9.97 Å². The quantitative estimate of drug-likeness (QED) is 0.633. The zero-order valence-corrected chi connectivity index (χ0v) is 12.3. The zero-order valence-electron chi connectivity index (χ0n) is 11.4. The van der Waals surface area contributed by atoms with Crippen LogP contribution in [-0.4, -0.2) is 36.4 Å². The van der Waals surface area contributed by atoms with Gasteiger partial charge in [-0.1, -0.05) is 18.2 Å². The van der Waals surface area contributed by atoms with Crippen molar-refractivity contribution in [2.45, 2.75) is 31.3 Å². The van der Waals surface area contributed by atoms with Crippen LogP contribution in [0.25, 0.3) is 0 Å². The molecule has 0 spiro atoms. The summed E-state index contributed by atoms with van der Waals surface area (Å²) >= 11 is 1.59. The minimum atomic E-state index is 0.837. The van der Waals surface area contributed by atoms with Gasteiger partial charge in [-0.15, -0.1) is 0 Å². The third-order valence-corrected chi connectivity index (χ3v) is 3.93. The number of nitrogens with zero attached hydrogens (tertiary/aromatic N) is 3. The molecule has 0 aromatic carbocycles. The van der Waals surface area contributed by atoms with E-state index in [4.69, 9.17) is 0 Å². The number of hydrogen-bond donors (Lipinski definition) is 1. The molecule has 1 N–H and O–H groups in total. The van der Waals surface area contributed by atoms with E-state index >= 15 is 0 Å². The molecule has 1 aliphatic rings. The number of aromatic nitrogens is 2. The highest BCUT2D eigenvalue weighted by Gasteiger charge is 2.20. The average molecular weight is 266 g/mol. The van der Waals surface area contributed by atoms with E-state index in [1.807, 2.05) is 12.3 Å². The van der Waals surface area contributed by atoms with E-state index in [9.17, 15) is 0 Å². The Labute approximate surface area is 114 Å². The van der Waals surface area contributed by atoms with Crippen LogP contribution in [-0.2, 0) is 0 Å². The summed E-state index contributed by atoms with van der Waals surface area (Å²) in [6.45, 7) is 4.08. The summed E-state index contributed by atoms with van der Waals surface area (Å²) in [6.07, 6.45) is 6.14. The maximum absolute atomic E-state index is 4.58. The van der Waals surface area contributed by atoms with Gasteiger partial charge in [0.15, 0.2) is 5.16 Å². The van der Waals surface area contributed by atoms with Gasteiger partial charge in [0.2, 0.25) is 0 Å². The van der Waals surface area contributed by atoms with Crippen molar-refractivity contribution in [3.63, 3.8) is 0 Å². The van der Waals surface area contributed by atoms with Crippen LogP contribution in [0.2, 0.25) is 0 Å². The van der Waals surface area contributed by atoms with Gasteiger partial charge in [0.05, 0.1) is 0 Å². The molecule has 1 aliphatic carbocycles. The molecule has 18 heavy (non-hydrogen) atoms. The molecular weight excluding hydrogens is 244 g/mol. The Kier molecular flexibility index (Phi) is 4.69. The lowest BCUT2D eigenvalue weighted by atomic mass is 9.85. The maximum atomic E-state index is 4.58. The van der Waals surface area contributed by atoms with Gasteiger partial charge < -0.3 is 10.2 Å².